The van der Waals surface area contributed by atoms with Gasteiger partial charge >= 0.3 is 0 Å². The van der Waals surface area contributed by atoms with E-state index in [4.69, 9.17) is 0 Å². The van der Waals surface area contributed by atoms with E-state index in [9.17, 15) is 0 Å². The van der Waals surface area contributed by atoms with Gasteiger partial charge in [0.15, 0.2) is 0 Å². The first-order valence-electron chi connectivity index (χ1n) is 8.85. The molecule has 0 spiro atoms. The largest absolute Gasteiger partial charge is 0.255 e. The molecule has 2 heteroatoms. The predicted molar refractivity (Wildman–Crippen MR) is 106 cm³/mol. The van der Waals surface area contributed by atoms with E-state index < -0.39 is 0 Å². The van der Waals surface area contributed by atoms with E-state index in [1.165, 1.54) is 22.3 Å². The van der Waals surface area contributed by atoms with E-state index >= 15 is 0 Å². The van der Waals surface area contributed by atoms with Gasteiger partial charge in [-0.2, -0.15) is 0 Å². The second kappa shape index (κ2) is 7.75. The van der Waals surface area contributed by atoms with Crippen LogP contribution in [0.3, 0.4) is 0 Å². The van der Waals surface area contributed by atoms with Crippen LogP contribution in [0.15, 0.2) is 97.3 Å². The molecule has 26 heavy (non-hydrogen) atoms. The number of pyridine rings is 2. The van der Waals surface area contributed by atoms with Gasteiger partial charge in [0, 0.05) is 12.4 Å². The zero-order valence-electron chi connectivity index (χ0n) is 14.5. The lowest BCUT2D eigenvalue weighted by Crippen LogP contribution is -1.94. The van der Waals surface area contributed by atoms with Crippen LogP contribution >= 0.6 is 0 Å². The molecule has 0 saturated heterocycles. The minimum Gasteiger partial charge on any atom is -0.255 e. The second-order valence-electron chi connectivity index (χ2n) is 6.42. The Morgan fingerprint density at radius 1 is 0.462 bits per heavy atom. The molecule has 4 aromatic rings. The molecule has 0 N–H and O–H groups in total. The standard InChI is InChI=1S/C24H20N2/c1-3-7-19(8-4-1)15-21-11-13-25-23(17-21)24-18-22(12-14-26-24)16-20-9-5-2-6-10-20/h1-14,17-18H,15-16H2. The Morgan fingerprint density at radius 3 is 1.31 bits per heavy atom. The fraction of sp³-hybridized carbons (Fsp3) is 0.0833. The van der Waals surface area contributed by atoms with Crippen LogP contribution in [-0.4, -0.2) is 9.97 Å². The average Bonchev–Trinajstić information content (AvgIpc) is 2.70. The van der Waals surface area contributed by atoms with Crippen molar-refractivity contribution >= 4 is 0 Å². The monoisotopic (exact) mass is 336 g/mol. The summed E-state index contributed by atoms with van der Waals surface area (Å²) < 4.78 is 0. The fourth-order valence-electron chi connectivity index (χ4n) is 3.11. The summed E-state index contributed by atoms with van der Waals surface area (Å²) in [6.07, 6.45) is 5.55. The second-order valence-corrected chi connectivity index (χ2v) is 6.42. The van der Waals surface area contributed by atoms with Crippen molar-refractivity contribution in [3.8, 4) is 11.4 Å². The van der Waals surface area contributed by atoms with Gasteiger partial charge in [0.1, 0.15) is 0 Å². The van der Waals surface area contributed by atoms with E-state index in [1.54, 1.807) is 0 Å². The number of nitrogens with zero attached hydrogens (tertiary/aromatic N) is 2. The van der Waals surface area contributed by atoms with Crippen molar-refractivity contribution in [2.24, 2.45) is 0 Å². The van der Waals surface area contributed by atoms with Crippen LogP contribution < -0.4 is 0 Å². The van der Waals surface area contributed by atoms with Crippen molar-refractivity contribution in [3.05, 3.63) is 120 Å². The van der Waals surface area contributed by atoms with Crippen molar-refractivity contribution in [2.75, 3.05) is 0 Å². The summed E-state index contributed by atoms with van der Waals surface area (Å²) in [6.45, 7) is 0. The maximum atomic E-state index is 4.54. The molecule has 0 saturated carbocycles. The Balaban J connectivity index is 1.57. The average molecular weight is 336 g/mol. The maximum Gasteiger partial charge on any atom is 0.0889 e. The molecule has 0 unspecified atom stereocenters. The molecular weight excluding hydrogens is 316 g/mol. The number of aromatic nitrogens is 2. The van der Waals surface area contributed by atoms with Crippen molar-refractivity contribution in [1.82, 2.24) is 9.97 Å². The molecule has 126 valence electrons. The first kappa shape index (κ1) is 16.2. The number of rotatable bonds is 5. The Hall–Kier alpha value is -3.26. The highest BCUT2D eigenvalue weighted by Gasteiger charge is 2.05. The zero-order valence-corrected chi connectivity index (χ0v) is 14.5. The summed E-state index contributed by atoms with van der Waals surface area (Å²) in [5.74, 6) is 0. The Bertz CT molecular complexity index is 896. The molecule has 0 amide bonds. The molecule has 0 radical (unpaired) electrons. The number of benzene rings is 2. The van der Waals surface area contributed by atoms with Gasteiger partial charge in [-0.15, -0.1) is 0 Å². The molecule has 2 nitrogen and oxygen atoms in total. The van der Waals surface area contributed by atoms with Gasteiger partial charge in [0.05, 0.1) is 11.4 Å². The van der Waals surface area contributed by atoms with Crippen LogP contribution in [0, 0.1) is 0 Å². The van der Waals surface area contributed by atoms with Gasteiger partial charge in [0.2, 0.25) is 0 Å². The SMILES string of the molecule is c1ccc(Cc2ccnc(-c3cc(Cc4ccccc4)ccn3)c2)cc1. The summed E-state index contributed by atoms with van der Waals surface area (Å²) in [5, 5.41) is 0. The third-order valence-corrected chi connectivity index (χ3v) is 4.41. The van der Waals surface area contributed by atoms with Crippen LogP contribution in [0.25, 0.3) is 11.4 Å². The predicted octanol–water partition coefficient (Wildman–Crippen LogP) is 5.33. The molecule has 0 aliphatic heterocycles. The summed E-state index contributed by atoms with van der Waals surface area (Å²) >= 11 is 0. The smallest absolute Gasteiger partial charge is 0.0889 e. The number of hydrogen-bond acceptors (Lipinski definition) is 2. The molecule has 0 aliphatic rings. The molecule has 0 bridgehead atoms. The lowest BCUT2D eigenvalue weighted by atomic mass is 10.0. The van der Waals surface area contributed by atoms with Crippen LogP contribution in [0.5, 0.6) is 0 Å². The van der Waals surface area contributed by atoms with Gasteiger partial charge in [-0.1, -0.05) is 60.7 Å². The maximum absolute atomic E-state index is 4.54. The van der Waals surface area contributed by atoms with E-state index in [-0.39, 0.29) is 0 Å². The normalized spacial score (nSPS) is 10.6. The zero-order chi connectivity index (χ0) is 17.6. The van der Waals surface area contributed by atoms with Crippen molar-refractivity contribution in [2.45, 2.75) is 12.8 Å². The summed E-state index contributed by atoms with van der Waals surface area (Å²) in [6, 6.07) is 29.4. The minimum absolute atomic E-state index is 0.903. The Kier molecular flexibility index (Phi) is 4.83. The van der Waals surface area contributed by atoms with E-state index in [0.29, 0.717) is 0 Å². The molecule has 0 atom stereocenters. The van der Waals surface area contributed by atoms with Crippen LogP contribution in [0.2, 0.25) is 0 Å². The minimum atomic E-state index is 0.903. The molecule has 0 fully saturated rings. The molecular formula is C24H20N2. The van der Waals surface area contributed by atoms with Crippen molar-refractivity contribution in [3.63, 3.8) is 0 Å². The Morgan fingerprint density at radius 2 is 0.885 bits per heavy atom. The van der Waals surface area contributed by atoms with Gasteiger partial charge in [-0.25, -0.2) is 0 Å². The fourth-order valence-corrected chi connectivity index (χ4v) is 3.11. The molecule has 2 aromatic carbocycles. The molecule has 2 aromatic heterocycles. The van der Waals surface area contributed by atoms with Crippen LogP contribution in [0.1, 0.15) is 22.3 Å². The third-order valence-electron chi connectivity index (χ3n) is 4.41. The van der Waals surface area contributed by atoms with Gasteiger partial charge < -0.3 is 0 Å². The van der Waals surface area contributed by atoms with E-state index in [0.717, 1.165) is 24.2 Å². The molecule has 4 rings (SSSR count). The lowest BCUT2D eigenvalue weighted by molar-refractivity contribution is 1.13. The van der Waals surface area contributed by atoms with Crippen LogP contribution in [0.4, 0.5) is 0 Å². The first-order valence-corrected chi connectivity index (χ1v) is 8.85. The van der Waals surface area contributed by atoms with E-state index in [2.05, 4.69) is 82.8 Å². The van der Waals surface area contributed by atoms with Crippen molar-refractivity contribution in [1.29, 1.82) is 0 Å². The highest BCUT2D eigenvalue weighted by atomic mass is 14.8. The van der Waals surface area contributed by atoms with Crippen molar-refractivity contribution < 1.29 is 0 Å². The number of hydrogen-bond donors (Lipinski definition) is 0. The Labute approximate surface area is 154 Å². The first-order chi connectivity index (χ1) is 12.9. The van der Waals surface area contributed by atoms with Crippen LogP contribution in [-0.2, 0) is 12.8 Å². The van der Waals surface area contributed by atoms with Gasteiger partial charge in [-0.3, -0.25) is 9.97 Å². The third kappa shape index (κ3) is 4.04. The highest BCUT2D eigenvalue weighted by Crippen LogP contribution is 2.20. The van der Waals surface area contributed by atoms with Gasteiger partial charge in [-0.05, 0) is 59.4 Å². The van der Waals surface area contributed by atoms with Gasteiger partial charge in [0.25, 0.3) is 0 Å². The van der Waals surface area contributed by atoms with E-state index in [1.807, 2.05) is 24.5 Å². The highest BCUT2D eigenvalue weighted by molar-refractivity contribution is 5.56. The summed E-state index contributed by atoms with van der Waals surface area (Å²) in [4.78, 5) is 9.07. The molecule has 2 heterocycles. The summed E-state index contributed by atoms with van der Waals surface area (Å²) in [7, 11) is 0. The lowest BCUT2D eigenvalue weighted by Gasteiger charge is -2.07. The topological polar surface area (TPSA) is 25.8 Å². The summed E-state index contributed by atoms with van der Waals surface area (Å²) in [5.41, 5.74) is 6.94. The quantitative estimate of drug-likeness (QED) is 0.492. The molecule has 0 aliphatic carbocycles.